The van der Waals surface area contributed by atoms with Crippen molar-refractivity contribution in [2.45, 2.75) is 31.8 Å². The SMILES string of the molecule is CC(N)c1ccc(OCCN(C)C2CC2)cc1. The molecule has 1 fully saturated rings. The van der Waals surface area contributed by atoms with E-state index in [1.807, 2.05) is 31.2 Å². The van der Waals surface area contributed by atoms with Gasteiger partial charge in [0.05, 0.1) is 0 Å². The van der Waals surface area contributed by atoms with Gasteiger partial charge in [0.1, 0.15) is 12.4 Å². The Morgan fingerprint density at radius 3 is 2.53 bits per heavy atom. The van der Waals surface area contributed by atoms with Crippen molar-refractivity contribution in [3.05, 3.63) is 29.8 Å². The minimum Gasteiger partial charge on any atom is -0.492 e. The molecule has 1 unspecified atom stereocenters. The summed E-state index contributed by atoms with van der Waals surface area (Å²) in [5.74, 6) is 0.929. The lowest BCUT2D eigenvalue weighted by molar-refractivity contribution is 0.232. The fraction of sp³-hybridized carbons (Fsp3) is 0.571. The molecular formula is C14H22N2O. The van der Waals surface area contributed by atoms with Crippen LogP contribution in [-0.2, 0) is 0 Å². The summed E-state index contributed by atoms with van der Waals surface area (Å²) in [6.07, 6.45) is 2.69. The first kappa shape index (κ1) is 12.4. The van der Waals surface area contributed by atoms with Crippen LogP contribution in [0.3, 0.4) is 0 Å². The Hall–Kier alpha value is -1.06. The van der Waals surface area contributed by atoms with Crippen LogP contribution in [0, 0.1) is 0 Å². The van der Waals surface area contributed by atoms with Crippen LogP contribution in [-0.4, -0.2) is 31.1 Å². The molecule has 0 bridgehead atoms. The average Bonchev–Trinajstić information content (AvgIpc) is 3.13. The van der Waals surface area contributed by atoms with E-state index in [0.29, 0.717) is 0 Å². The average molecular weight is 234 g/mol. The van der Waals surface area contributed by atoms with Crippen molar-refractivity contribution in [2.75, 3.05) is 20.2 Å². The molecule has 3 nitrogen and oxygen atoms in total. The van der Waals surface area contributed by atoms with Gasteiger partial charge in [0.15, 0.2) is 0 Å². The first-order valence-electron chi connectivity index (χ1n) is 6.35. The predicted octanol–water partition coefficient (Wildman–Crippen LogP) is 2.18. The van der Waals surface area contributed by atoms with Gasteiger partial charge in [-0.05, 0) is 44.5 Å². The van der Waals surface area contributed by atoms with Crippen molar-refractivity contribution in [1.82, 2.24) is 4.90 Å². The topological polar surface area (TPSA) is 38.5 Å². The molecule has 3 heteroatoms. The third-order valence-corrected chi connectivity index (χ3v) is 3.29. The number of ether oxygens (including phenoxy) is 1. The van der Waals surface area contributed by atoms with Gasteiger partial charge < -0.3 is 15.4 Å². The fourth-order valence-corrected chi connectivity index (χ4v) is 1.87. The fourth-order valence-electron chi connectivity index (χ4n) is 1.87. The van der Waals surface area contributed by atoms with Crippen molar-refractivity contribution in [1.29, 1.82) is 0 Å². The van der Waals surface area contributed by atoms with Gasteiger partial charge in [-0.3, -0.25) is 0 Å². The van der Waals surface area contributed by atoms with E-state index in [2.05, 4.69) is 11.9 Å². The Kier molecular flexibility index (Phi) is 4.02. The van der Waals surface area contributed by atoms with Crippen LogP contribution in [0.4, 0.5) is 0 Å². The van der Waals surface area contributed by atoms with Crippen LogP contribution in [0.1, 0.15) is 31.4 Å². The van der Waals surface area contributed by atoms with Gasteiger partial charge in [0.2, 0.25) is 0 Å². The second-order valence-electron chi connectivity index (χ2n) is 4.92. The van der Waals surface area contributed by atoms with Crippen molar-refractivity contribution >= 4 is 0 Å². The highest BCUT2D eigenvalue weighted by molar-refractivity contribution is 5.28. The lowest BCUT2D eigenvalue weighted by atomic mass is 10.1. The molecule has 1 aliphatic carbocycles. The van der Waals surface area contributed by atoms with Crippen molar-refractivity contribution < 1.29 is 4.74 Å². The predicted molar refractivity (Wildman–Crippen MR) is 70.2 cm³/mol. The summed E-state index contributed by atoms with van der Waals surface area (Å²) in [5, 5.41) is 0. The zero-order valence-corrected chi connectivity index (χ0v) is 10.7. The number of likely N-dealkylation sites (N-methyl/N-ethyl adjacent to an activating group) is 1. The van der Waals surface area contributed by atoms with Crippen molar-refractivity contribution in [3.63, 3.8) is 0 Å². The molecule has 1 atom stereocenters. The normalized spacial score (nSPS) is 17.2. The second kappa shape index (κ2) is 5.52. The first-order chi connectivity index (χ1) is 8.16. The van der Waals surface area contributed by atoms with E-state index in [4.69, 9.17) is 10.5 Å². The number of rotatable bonds is 6. The van der Waals surface area contributed by atoms with Crippen LogP contribution in [0.2, 0.25) is 0 Å². The number of nitrogens with two attached hydrogens (primary N) is 1. The molecule has 2 rings (SSSR count). The monoisotopic (exact) mass is 234 g/mol. The van der Waals surface area contributed by atoms with E-state index in [1.54, 1.807) is 0 Å². The molecule has 17 heavy (non-hydrogen) atoms. The summed E-state index contributed by atoms with van der Waals surface area (Å²) < 4.78 is 5.71. The molecule has 0 aromatic heterocycles. The van der Waals surface area contributed by atoms with E-state index >= 15 is 0 Å². The molecule has 94 valence electrons. The lowest BCUT2D eigenvalue weighted by Gasteiger charge is -2.16. The third-order valence-electron chi connectivity index (χ3n) is 3.29. The molecule has 1 aromatic rings. The number of nitrogens with zero attached hydrogens (tertiary/aromatic N) is 1. The Morgan fingerprint density at radius 2 is 2.00 bits per heavy atom. The molecule has 0 spiro atoms. The second-order valence-corrected chi connectivity index (χ2v) is 4.92. The Labute approximate surface area is 104 Å². The van der Waals surface area contributed by atoms with E-state index in [1.165, 1.54) is 12.8 Å². The molecule has 2 N–H and O–H groups in total. The standard InChI is InChI=1S/C14H22N2O/c1-11(15)12-3-7-14(8-4-12)17-10-9-16(2)13-5-6-13/h3-4,7-8,11,13H,5-6,9-10,15H2,1-2H3. The van der Waals surface area contributed by atoms with Gasteiger partial charge in [0.25, 0.3) is 0 Å². The molecule has 0 saturated heterocycles. The molecule has 0 heterocycles. The Bertz CT molecular complexity index is 344. The Morgan fingerprint density at radius 1 is 1.35 bits per heavy atom. The van der Waals surface area contributed by atoms with E-state index in [-0.39, 0.29) is 6.04 Å². The van der Waals surface area contributed by atoms with E-state index in [9.17, 15) is 0 Å². The summed E-state index contributed by atoms with van der Waals surface area (Å²) in [7, 11) is 2.17. The highest BCUT2D eigenvalue weighted by Crippen LogP contribution is 2.24. The number of benzene rings is 1. The summed E-state index contributed by atoms with van der Waals surface area (Å²) in [5.41, 5.74) is 6.94. The van der Waals surface area contributed by atoms with Crippen LogP contribution < -0.4 is 10.5 Å². The largest absolute Gasteiger partial charge is 0.492 e. The highest BCUT2D eigenvalue weighted by atomic mass is 16.5. The molecule has 1 saturated carbocycles. The van der Waals surface area contributed by atoms with Crippen LogP contribution in [0.15, 0.2) is 24.3 Å². The summed E-state index contributed by atoms with van der Waals surface area (Å²) in [4.78, 5) is 2.37. The van der Waals surface area contributed by atoms with Gasteiger partial charge in [0, 0.05) is 18.6 Å². The quantitative estimate of drug-likeness (QED) is 0.820. The zero-order chi connectivity index (χ0) is 12.3. The van der Waals surface area contributed by atoms with Crippen LogP contribution >= 0.6 is 0 Å². The maximum atomic E-state index is 5.80. The zero-order valence-electron chi connectivity index (χ0n) is 10.7. The smallest absolute Gasteiger partial charge is 0.119 e. The van der Waals surface area contributed by atoms with Crippen molar-refractivity contribution in [2.24, 2.45) is 5.73 Å². The van der Waals surface area contributed by atoms with Gasteiger partial charge in [-0.1, -0.05) is 12.1 Å². The lowest BCUT2D eigenvalue weighted by Crippen LogP contribution is -2.26. The van der Waals surface area contributed by atoms with Gasteiger partial charge in [-0.15, -0.1) is 0 Å². The Balaban J connectivity index is 1.74. The molecule has 0 aliphatic heterocycles. The molecule has 0 radical (unpaired) electrons. The minimum absolute atomic E-state index is 0.0880. The minimum atomic E-state index is 0.0880. The number of hydrogen-bond donors (Lipinski definition) is 1. The summed E-state index contributed by atoms with van der Waals surface area (Å²) >= 11 is 0. The summed E-state index contributed by atoms with van der Waals surface area (Å²) in [6, 6.07) is 8.95. The van der Waals surface area contributed by atoms with Gasteiger partial charge in [-0.2, -0.15) is 0 Å². The van der Waals surface area contributed by atoms with E-state index in [0.717, 1.165) is 30.5 Å². The maximum Gasteiger partial charge on any atom is 0.119 e. The van der Waals surface area contributed by atoms with Gasteiger partial charge >= 0.3 is 0 Å². The maximum absolute atomic E-state index is 5.80. The van der Waals surface area contributed by atoms with Crippen LogP contribution in [0.5, 0.6) is 5.75 Å². The third kappa shape index (κ3) is 3.72. The molecule has 0 amide bonds. The van der Waals surface area contributed by atoms with Crippen LogP contribution in [0.25, 0.3) is 0 Å². The van der Waals surface area contributed by atoms with Crippen molar-refractivity contribution in [3.8, 4) is 5.75 Å². The molecule has 1 aromatic carbocycles. The number of hydrogen-bond acceptors (Lipinski definition) is 3. The first-order valence-corrected chi connectivity index (χ1v) is 6.35. The van der Waals surface area contributed by atoms with E-state index < -0.39 is 0 Å². The van der Waals surface area contributed by atoms with Gasteiger partial charge in [-0.25, -0.2) is 0 Å². The summed E-state index contributed by atoms with van der Waals surface area (Å²) in [6.45, 7) is 3.74. The molecular weight excluding hydrogens is 212 g/mol. The highest BCUT2D eigenvalue weighted by Gasteiger charge is 2.25. The molecule has 1 aliphatic rings.